The number of nitrogens with zero attached hydrogens (tertiary/aromatic N) is 3. The van der Waals surface area contributed by atoms with Gasteiger partial charge >= 0.3 is 6.18 Å². The van der Waals surface area contributed by atoms with Gasteiger partial charge in [0.1, 0.15) is 5.82 Å². The maximum absolute atomic E-state index is 13.7. The Morgan fingerprint density at radius 1 is 1.24 bits per heavy atom. The normalized spacial score (nSPS) is 17.6. The zero-order valence-electron chi connectivity index (χ0n) is 15.5. The van der Waals surface area contributed by atoms with E-state index in [0.29, 0.717) is 13.0 Å². The predicted octanol–water partition coefficient (Wildman–Crippen LogP) is 3.86. The number of aromatic amines is 1. The number of hydrogen-bond donors (Lipinski definition) is 2. The first-order chi connectivity index (χ1) is 13.8. The van der Waals surface area contributed by atoms with Crippen molar-refractivity contribution in [2.45, 2.75) is 37.9 Å². The molecule has 1 aliphatic heterocycles. The molecule has 6 nitrogen and oxygen atoms in total. The second-order valence-corrected chi connectivity index (χ2v) is 7.19. The van der Waals surface area contributed by atoms with E-state index in [1.54, 1.807) is 4.90 Å². The number of fused-ring (bicyclic) bond motifs is 1. The van der Waals surface area contributed by atoms with Gasteiger partial charge in [-0.3, -0.25) is 9.89 Å². The first-order valence-corrected chi connectivity index (χ1v) is 9.39. The van der Waals surface area contributed by atoms with Crippen molar-refractivity contribution in [1.29, 1.82) is 0 Å². The highest BCUT2D eigenvalue weighted by Gasteiger charge is 2.37. The Morgan fingerprint density at radius 2 is 2.00 bits per heavy atom. The van der Waals surface area contributed by atoms with Gasteiger partial charge in [0.2, 0.25) is 5.91 Å². The van der Waals surface area contributed by atoms with E-state index in [2.05, 4.69) is 15.2 Å². The third kappa shape index (κ3) is 3.76. The van der Waals surface area contributed by atoms with Crippen molar-refractivity contribution in [3.8, 4) is 0 Å². The van der Waals surface area contributed by atoms with Gasteiger partial charge in [-0.2, -0.15) is 18.3 Å². The zero-order valence-corrected chi connectivity index (χ0v) is 15.5. The van der Waals surface area contributed by atoms with Crippen LogP contribution >= 0.6 is 0 Å². The summed E-state index contributed by atoms with van der Waals surface area (Å²) < 4.78 is 41.0. The summed E-state index contributed by atoms with van der Waals surface area (Å²) >= 11 is 0. The largest absolute Gasteiger partial charge is 0.417 e. The number of pyridine rings is 1. The van der Waals surface area contributed by atoms with Gasteiger partial charge in [0, 0.05) is 6.54 Å². The molecule has 9 heteroatoms. The van der Waals surface area contributed by atoms with Crippen LogP contribution in [0, 0.1) is 0 Å². The number of carbonyl (C=O) groups is 1. The van der Waals surface area contributed by atoms with Crippen LogP contribution in [0.15, 0.2) is 36.4 Å². The summed E-state index contributed by atoms with van der Waals surface area (Å²) in [5.41, 5.74) is 5.72. The topological polar surface area (TPSA) is 87.9 Å². The number of carbonyl (C=O) groups excluding carboxylic acids is 1. The molecule has 1 saturated heterocycles. The highest BCUT2D eigenvalue weighted by Crippen LogP contribution is 2.39. The van der Waals surface area contributed by atoms with Crippen LogP contribution in [0.5, 0.6) is 0 Å². The Morgan fingerprint density at radius 3 is 2.72 bits per heavy atom. The molecule has 29 heavy (non-hydrogen) atoms. The first-order valence-electron chi connectivity index (χ1n) is 9.39. The molecule has 0 bridgehead atoms. The Labute approximate surface area is 164 Å². The molecule has 2 aromatic heterocycles. The van der Waals surface area contributed by atoms with E-state index in [1.807, 2.05) is 30.3 Å². The molecule has 4 rings (SSSR count). The summed E-state index contributed by atoms with van der Waals surface area (Å²) in [7, 11) is 0. The number of benzene rings is 1. The third-order valence-corrected chi connectivity index (χ3v) is 5.24. The van der Waals surface area contributed by atoms with E-state index in [4.69, 9.17) is 5.73 Å². The standard InChI is InChI=1S/C20H20F3N5O/c21-20(22,23)13-11-14(25-19-17(13)18(24)26-27-19)15-8-4-5-9-28(15)16(29)10-12-6-2-1-3-7-12/h1-3,6-7,11,15H,4-5,8-10H2,(H3,24,25,26,27)/t15-/m1/s1. The molecule has 1 aliphatic rings. The number of nitrogens with one attached hydrogen (secondary N) is 1. The maximum atomic E-state index is 13.7. The van der Waals surface area contributed by atoms with Crippen molar-refractivity contribution < 1.29 is 18.0 Å². The van der Waals surface area contributed by atoms with E-state index in [0.717, 1.165) is 24.5 Å². The maximum Gasteiger partial charge on any atom is 0.417 e. The number of nitrogen functional groups attached to an aromatic ring is 1. The van der Waals surface area contributed by atoms with E-state index in [9.17, 15) is 18.0 Å². The van der Waals surface area contributed by atoms with Gasteiger partial charge in [0.25, 0.3) is 0 Å². The van der Waals surface area contributed by atoms with Crippen molar-refractivity contribution in [1.82, 2.24) is 20.1 Å². The number of likely N-dealkylation sites (tertiary alicyclic amines) is 1. The van der Waals surface area contributed by atoms with Crippen LogP contribution in [0.25, 0.3) is 11.0 Å². The number of amides is 1. The average Bonchev–Trinajstić information content (AvgIpc) is 3.08. The molecule has 152 valence electrons. The van der Waals surface area contributed by atoms with Crippen molar-refractivity contribution in [2.24, 2.45) is 0 Å². The van der Waals surface area contributed by atoms with E-state index in [-0.39, 0.29) is 34.9 Å². The van der Waals surface area contributed by atoms with Crippen molar-refractivity contribution in [3.05, 3.63) is 53.2 Å². The molecule has 3 aromatic rings. The highest BCUT2D eigenvalue weighted by molar-refractivity contribution is 5.90. The van der Waals surface area contributed by atoms with E-state index >= 15 is 0 Å². The molecule has 1 atom stereocenters. The SMILES string of the molecule is Nc1[nH]nc2nc([C@H]3CCCCN3C(=O)Cc3ccccc3)cc(C(F)(F)F)c12. The van der Waals surface area contributed by atoms with Gasteiger partial charge in [0.05, 0.1) is 29.1 Å². The summed E-state index contributed by atoms with van der Waals surface area (Å²) in [4.78, 5) is 18.9. The fourth-order valence-corrected chi connectivity index (χ4v) is 3.87. The van der Waals surface area contributed by atoms with Gasteiger partial charge in [-0.25, -0.2) is 4.98 Å². The minimum Gasteiger partial charge on any atom is -0.383 e. The molecule has 1 fully saturated rings. The lowest BCUT2D eigenvalue weighted by Crippen LogP contribution is -2.39. The number of halogens is 3. The lowest BCUT2D eigenvalue weighted by atomic mass is 9.96. The summed E-state index contributed by atoms with van der Waals surface area (Å²) in [5, 5.41) is 5.95. The molecule has 3 N–H and O–H groups in total. The molecule has 0 spiro atoms. The monoisotopic (exact) mass is 403 g/mol. The number of anilines is 1. The molecule has 0 aliphatic carbocycles. The van der Waals surface area contributed by atoms with Crippen LogP contribution < -0.4 is 5.73 Å². The van der Waals surface area contributed by atoms with Crippen LogP contribution in [0.2, 0.25) is 0 Å². The third-order valence-electron chi connectivity index (χ3n) is 5.24. The van der Waals surface area contributed by atoms with Crippen LogP contribution in [0.4, 0.5) is 19.0 Å². The van der Waals surface area contributed by atoms with Crippen LogP contribution in [-0.2, 0) is 17.4 Å². The number of aromatic nitrogens is 3. The number of H-pyrrole nitrogens is 1. The van der Waals surface area contributed by atoms with Crippen LogP contribution in [0.3, 0.4) is 0 Å². The van der Waals surface area contributed by atoms with Crippen molar-refractivity contribution in [3.63, 3.8) is 0 Å². The summed E-state index contributed by atoms with van der Waals surface area (Å²) in [6.45, 7) is 0.486. The van der Waals surface area contributed by atoms with Gasteiger partial charge in [0.15, 0.2) is 5.65 Å². The minimum absolute atomic E-state index is 0.0895. The van der Waals surface area contributed by atoms with Crippen LogP contribution in [-0.4, -0.2) is 32.5 Å². The summed E-state index contributed by atoms with van der Waals surface area (Å²) in [6, 6.07) is 9.76. The highest BCUT2D eigenvalue weighted by atomic mass is 19.4. The second-order valence-electron chi connectivity index (χ2n) is 7.19. The van der Waals surface area contributed by atoms with Gasteiger partial charge < -0.3 is 10.6 Å². The van der Waals surface area contributed by atoms with E-state index in [1.165, 1.54) is 0 Å². The Balaban J connectivity index is 1.71. The molecule has 0 unspecified atom stereocenters. The molecule has 0 radical (unpaired) electrons. The van der Waals surface area contributed by atoms with Gasteiger partial charge in [-0.15, -0.1) is 0 Å². The zero-order chi connectivity index (χ0) is 20.6. The number of nitrogens with two attached hydrogens (primary N) is 1. The number of hydrogen-bond acceptors (Lipinski definition) is 4. The quantitative estimate of drug-likeness (QED) is 0.695. The molecule has 0 saturated carbocycles. The van der Waals surface area contributed by atoms with Gasteiger partial charge in [-0.05, 0) is 30.9 Å². The Hall–Kier alpha value is -3.10. The summed E-state index contributed by atoms with van der Waals surface area (Å²) in [6.07, 6.45) is -2.25. The van der Waals surface area contributed by atoms with Crippen LogP contribution in [0.1, 0.15) is 42.1 Å². The molecule has 1 aromatic carbocycles. The van der Waals surface area contributed by atoms with Crippen molar-refractivity contribution in [2.75, 3.05) is 12.3 Å². The number of alkyl halides is 3. The van der Waals surface area contributed by atoms with E-state index < -0.39 is 17.8 Å². The fraction of sp³-hybridized carbons (Fsp3) is 0.350. The fourth-order valence-electron chi connectivity index (χ4n) is 3.87. The molecular weight excluding hydrogens is 383 g/mol. The first kappa shape index (κ1) is 19.2. The average molecular weight is 403 g/mol. The predicted molar refractivity (Wildman–Crippen MR) is 102 cm³/mol. The summed E-state index contributed by atoms with van der Waals surface area (Å²) in [5.74, 6) is -0.301. The van der Waals surface area contributed by atoms with Gasteiger partial charge in [-0.1, -0.05) is 30.3 Å². The number of piperidine rings is 1. The minimum atomic E-state index is -4.61. The number of rotatable bonds is 3. The lowest BCUT2D eigenvalue weighted by Gasteiger charge is -2.35. The Kier molecular flexibility index (Phi) is 4.89. The molecule has 3 heterocycles. The Bertz CT molecular complexity index is 1030. The smallest absolute Gasteiger partial charge is 0.383 e. The molecular formula is C20H20F3N5O. The second kappa shape index (κ2) is 7.38. The lowest BCUT2D eigenvalue weighted by molar-refractivity contribution is -0.136. The van der Waals surface area contributed by atoms with Crippen molar-refractivity contribution >= 4 is 22.8 Å². The molecule has 1 amide bonds.